The molecule has 5 heteroatoms. The zero-order valence-electron chi connectivity index (χ0n) is 8.32. The molecule has 0 aliphatic rings. The molecule has 0 radical (unpaired) electrons. The average Bonchev–Trinajstić information content (AvgIpc) is 2.66. The van der Waals surface area contributed by atoms with Crippen molar-refractivity contribution in [3.63, 3.8) is 0 Å². The number of rotatable bonds is 2. The van der Waals surface area contributed by atoms with Crippen LogP contribution < -0.4 is 0 Å². The summed E-state index contributed by atoms with van der Waals surface area (Å²) in [6.07, 6.45) is 0. The Balaban J connectivity index is 2.36. The highest BCUT2D eigenvalue weighted by Gasteiger charge is 2.09. The normalized spacial score (nSPS) is 10.6. The van der Waals surface area contributed by atoms with E-state index in [4.69, 9.17) is 11.6 Å². The van der Waals surface area contributed by atoms with E-state index in [-0.39, 0.29) is 0 Å². The second kappa shape index (κ2) is 4.51. The summed E-state index contributed by atoms with van der Waals surface area (Å²) in [5.74, 6) is 0.713. The molecule has 0 amide bonds. The van der Waals surface area contributed by atoms with E-state index in [0.29, 0.717) is 11.0 Å². The molecule has 0 fully saturated rings. The van der Waals surface area contributed by atoms with Gasteiger partial charge in [0.25, 0.3) is 0 Å². The van der Waals surface area contributed by atoms with Gasteiger partial charge in [-0.05, 0) is 25.3 Å². The fourth-order valence-corrected chi connectivity index (χ4v) is 3.16. The minimum absolute atomic E-state index is 0.543. The lowest BCUT2D eigenvalue weighted by molar-refractivity contribution is 0.939. The maximum Gasteiger partial charge on any atom is 0.136 e. The summed E-state index contributed by atoms with van der Waals surface area (Å²) in [6.45, 7) is 3.79. The molecule has 0 saturated heterocycles. The molecule has 15 heavy (non-hydrogen) atoms. The molecule has 2 nitrogen and oxygen atoms in total. The Morgan fingerprint density at radius 3 is 2.80 bits per heavy atom. The molecule has 78 valence electrons. The molecule has 0 aliphatic heterocycles. The third-order valence-corrected chi connectivity index (χ3v) is 4.34. The van der Waals surface area contributed by atoms with E-state index >= 15 is 0 Å². The van der Waals surface area contributed by atoms with Crippen molar-refractivity contribution in [2.24, 2.45) is 0 Å². The van der Waals surface area contributed by atoms with Crippen molar-refractivity contribution in [2.75, 3.05) is 0 Å². The fourth-order valence-electron chi connectivity index (χ4n) is 1.09. The monoisotopic (exact) mass is 256 g/mol. The fraction of sp³-hybridized carbons (Fsp3) is 0.200. The molecular weight excluding hydrogens is 248 g/mol. The summed E-state index contributed by atoms with van der Waals surface area (Å²) < 4.78 is 1.22. The van der Waals surface area contributed by atoms with Crippen LogP contribution in [-0.4, -0.2) is 9.97 Å². The zero-order valence-corrected chi connectivity index (χ0v) is 10.7. The first-order valence-electron chi connectivity index (χ1n) is 4.39. The van der Waals surface area contributed by atoms with Gasteiger partial charge in [0.2, 0.25) is 0 Å². The summed E-state index contributed by atoms with van der Waals surface area (Å²) in [5.41, 5.74) is 0.945. The molecule has 0 saturated carbocycles. The van der Waals surface area contributed by atoms with Crippen molar-refractivity contribution in [2.45, 2.75) is 23.1 Å². The molecule has 2 rings (SSSR count). The smallest absolute Gasteiger partial charge is 0.136 e. The molecule has 0 spiro atoms. The van der Waals surface area contributed by atoms with Gasteiger partial charge in [-0.25, -0.2) is 9.97 Å². The van der Waals surface area contributed by atoms with Crippen molar-refractivity contribution in [3.05, 3.63) is 34.1 Å². The quantitative estimate of drug-likeness (QED) is 0.761. The lowest BCUT2D eigenvalue weighted by Crippen LogP contribution is -1.94. The predicted molar refractivity (Wildman–Crippen MR) is 65.0 cm³/mol. The van der Waals surface area contributed by atoms with Crippen molar-refractivity contribution in [3.8, 4) is 0 Å². The third kappa shape index (κ3) is 2.51. The van der Waals surface area contributed by atoms with Crippen LogP contribution >= 0.6 is 34.7 Å². The van der Waals surface area contributed by atoms with E-state index in [1.165, 1.54) is 4.21 Å². The van der Waals surface area contributed by atoms with Gasteiger partial charge < -0.3 is 0 Å². The van der Waals surface area contributed by atoms with Crippen LogP contribution in [0.3, 0.4) is 0 Å². The largest absolute Gasteiger partial charge is 0.226 e. The Bertz CT molecular complexity index is 469. The molecule has 0 N–H and O–H groups in total. The van der Waals surface area contributed by atoms with E-state index in [2.05, 4.69) is 16.0 Å². The molecule has 0 atom stereocenters. The van der Waals surface area contributed by atoms with Crippen LogP contribution in [0.5, 0.6) is 0 Å². The van der Waals surface area contributed by atoms with Crippen LogP contribution in [0, 0.1) is 13.8 Å². The van der Waals surface area contributed by atoms with Gasteiger partial charge in [0.05, 0.1) is 4.21 Å². The SMILES string of the molecule is Cc1nc(Cl)c(C)c(Sc2cccs2)n1. The highest BCUT2D eigenvalue weighted by atomic mass is 35.5. The molecule has 0 aliphatic carbocycles. The summed E-state index contributed by atoms with van der Waals surface area (Å²) in [5, 5.41) is 3.53. The Kier molecular flexibility index (Phi) is 3.29. The standard InChI is InChI=1S/C10H9ClN2S2/c1-6-9(11)12-7(2)13-10(6)15-8-4-3-5-14-8/h3-5H,1-2H3. The van der Waals surface area contributed by atoms with Crippen molar-refractivity contribution >= 4 is 34.7 Å². The lowest BCUT2D eigenvalue weighted by Gasteiger charge is -2.05. The van der Waals surface area contributed by atoms with Crippen LogP contribution in [0.25, 0.3) is 0 Å². The Hall–Kier alpha value is -0.580. The van der Waals surface area contributed by atoms with Gasteiger partial charge in [0.15, 0.2) is 0 Å². The Morgan fingerprint density at radius 2 is 2.13 bits per heavy atom. The van der Waals surface area contributed by atoms with Gasteiger partial charge in [0, 0.05) is 5.56 Å². The van der Waals surface area contributed by atoms with Crippen LogP contribution in [0.4, 0.5) is 0 Å². The number of hydrogen-bond acceptors (Lipinski definition) is 4. The first kappa shape index (κ1) is 10.9. The maximum absolute atomic E-state index is 6.00. The minimum Gasteiger partial charge on any atom is -0.226 e. The lowest BCUT2D eigenvalue weighted by atomic mass is 10.4. The second-order valence-electron chi connectivity index (χ2n) is 3.03. The van der Waals surface area contributed by atoms with E-state index in [1.54, 1.807) is 23.1 Å². The first-order chi connectivity index (χ1) is 7.16. The number of aryl methyl sites for hydroxylation is 1. The average molecular weight is 257 g/mol. The van der Waals surface area contributed by atoms with E-state index in [1.807, 2.05) is 25.3 Å². The number of halogens is 1. The topological polar surface area (TPSA) is 25.8 Å². The molecule has 2 aromatic rings. The molecular formula is C10H9ClN2S2. The van der Waals surface area contributed by atoms with Crippen LogP contribution in [-0.2, 0) is 0 Å². The number of hydrogen-bond donors (Lipinski definition) is 0. The van der Waals surface area contributed by atoms with Gasteiger partial charge >= 0.3 is 0 Å². The van der Waals surface area contributed by atoms with Crippen LogP contribution in [0.15, 0.2) is 26.7 Å². The number of aromatic nitrogens is 2. The zero-order chi connectivity index (χ0) is 10.8. The van der Waals surface area contributed by atoms with Gasteiger partial charge in [-0.15, -0.1) is 11.3 Å². The van der Waals surface area contributed by atoms with Gasteiger partial charge in [-0.2, -0.15) is 0 Å². The van der Waals surface area contributed by atoms with Crippen molar-refractivity contribution in [1.82, 2.24) is 9.97 Å². The third-order valence-electron chi connectivity index (χ3n) is 1.85. The molecule has 0 aromatic carbocycles. The number of nitrogens with zero attached hydrogens (tertiary/aromatic N) is 2. The molecule has 0 unspecified atom stereocenters. The van der Waals surface area contributed by atoms with Crippen LogP contribution in [0.2, 0.25) is 5.15 Å². The summed E-state index contributed by atoms with van der Waals surface area (Å²) in [6, 6.07) is 4.10. The van der Waals surface area contributed by atoms with Gasteiger partial charge in [-0.3, -0.25) is 0 Å². The van der Waals surface area contributed by atoms with E-state index < -0.39 is 0 Å². The Labute approximate surface area is 102 Å². The first-order valence-corrected chi connectivity index (χ1v) is 6.46. The highest BCUT2D eigenvalue weighted by Crippen LogP contribution is 2.33. The van der Waals surface area contributed by atoms with Crippen LogP contribution in [0.1, 0.15) is 11.4 Å². The van der Waals surface area contributed by atoms with Crippen molar-refractivity contribution < 1.29 is 0 Å². The summed E-state index contributed by atoms with van der Waals surface area (Å²) >= 11 is 9.33. The van der Waals surface area contributed by atoms with Crippen molar-refractivity contribution in [1.29, 1.82) is 0 Å². The summed E-state index contributed by atoms with van der Waals surface area (Å²) in [4.78, 5) is 8.49. The van der Waals surface area contributed by atoms with E-state index in [9.17, 15) is 0 Å². The highest BCUT2D eigenvalue weighted by molar-refractivity contribution is 8.01. The molecule has 2 aromatic heterocycles. The van der Waals surface area contributed by atoms with Gasteiger partial charge in [0.1, 0.15) is 16.0 Å². The van der Waals surface area contributed by atoms with E-state index in [0.717, 1.165) is 10.6 Å². The maximum atomic E-state index is 6.00. The number of thiophene rings is 1. The molecule has 0 bridgehead atoms. The summed E-state index contributed by atoms with van der Waals surface area (Å²) in [7, 11) is 0. The predicted octanol–water partition coefficient (Wildman–Crippen LogP) is 3.96. The van der Waals surface area contributed by atoms with Gasteiger partial charge in [-0.1, -0.05) is 29.4 Å². The molecule has 2 heterocycles. The second-order valence-corrected chi connectivity index (χ2v) is 5.62. The minimum atomic E-state index is 0.543. The Morgan fingerprint density at radius 1 is 1.33 bits per heavy atom.